The molecule has 0 fully saturated rings. The van der Waals surface area contributed by atoms with Gasteiger partial charge in [-0.25, -0.2) is 0 Å². The van der Waals surface area contributed by atoms with Crippen LogP contribution in [0.4, 0.5) is 0 Å². The summed E-state index contributed by atoms with van der Waals surface area (Å²) in [5.74, 6) is 0.0890. The van der Waals surface area contributed by atoms with Crippen LogP contribution in [0.2, 0.25) is 5.02 Å². The smallest absolute Gasteiger partial charge is 0.142 e. The number of carbonyl (C=O) groups excluding carboxylic acids is 1. The maximum atomic E-state index is 12.3. The number of carbonyl (C=O) groups is 1. The second kappa shape index (κ2) is 5.85. The molecule has 18 heavy (non-hydrogen) atoms. The molecule has 2 nitrogen and oxygen atoms in total. The van der Waals surface area contributed by atoms with Gasteiger partial charge in [0, 0.05) is 22.4 Å². The van der Waals surface area contributed by atoms with Crippen molar-refractivity contribution >= 4 is 17.4 Å². The zero-order valence-electron chi connectivity index (χ0n) is 11.5. The fourth-order valence-electron chi connectivity index (χ4n) is 2.01. The van der Waals surface area contributed by atoms with Gasteiger partial charge in [0.2, 0.25) is 0 Å². The highest BCUT2D eigenvalue weighted by Gasteiger charge is 2.28. The van der Waals surface area contributed by atoms with Crippen LogP contribution in [0.15, 0.2) is 24.3 Å². The van der Waals surface area contributed by atoms with E-state index >= 15 is 0 Å². The van der Waals surface area contributed by atoms with Gasteiger partial charge in [-0.1, -0.05) is 37.6 Å². The molecule has 2 N–H and O–H groups in total. The molecule has 0 aliphatic carbocycles. The minimum Gasteiger partial charge on any atom is -0.326 e. The lowest BCUT2D eigenvalue weighted by molar-refractivity contribution is -0.123. The Morgan fingerprint density at radius 1 is 1.28 bits per heavy atom. The van der Waals surface area contributed by atoms with E-state index in [-0.39, 0.29) is 23.2 Å². The second-order valence-corrected chi connectivity index (χ2v) is 6.29. The van der Waals surface area contributed by atoms with Gasteiger partial charge in [0.05, 0.1) is 0 Å². The second-order valence-electron chi connectivity index (χ2n) is 5.85. The first-order valence-corrected chi connectivity index (χ1v) is 6.66. The van der Waals surface area contributed by atoms with Crippen LogP contribution < -0.4 is 5.73 Å². The van der Waals surface area contributed by atoms with Crippen molar-refractivity contribution in [2.45, 2.75) is 45.6 Å². The van der Waals surface area contributed by atoms with Gasteiger partial charge < -0.3 is 5.73 Å². The zero-order chi connectivity index (χ0) is 13.9. The third-order valence-electron chi connectivity index (χ3n) is 2.92. The molecule has 0 saturated heterocycles. The summed E-state index contributed by atoms with van der Waals surface area (Å²) >= 11 is 5.88. The molecule has 0 radical (unpaired) electrons. The van der Waals surface area contributed by atoms with E-state index in [1.807, 2.05) is 52.0 Å². The largest absolute Gasteiger partial charge is 0.326 e. The first kappa shape index (κ1) is 15.2. The minimum absolute atomic E-state index is 0.00743. The predicted octanol–water partition coefficient (Wildman–Crippen LogP) is 3.78. The molecule has 0 saturated carbocycles. The number of ketones is 1. The van der Waals surface area contributed by atoms with Crippen molar-refractivity contribution < 1.29 is 4.79 Å². The summed E-state index contributed by atoms with van der Waals surface area (Å²) in [4.78, 5) is 12.3. The molecule has 0 aliphatic rings. The van der Waals surface area contributed by atoms with E-state index in [9.17, 15) is 4.79 Å². The van der Waals surface area contributed by atoms with Crippen molar-refractivity contribution in [2.24, 2.45) is 11.7 Å². The van der Waals surface area contributed by atoms with E-state index in [4.69, 9.17) is 17.3 Å². The van der Waals surface area contributed by atoms with Gasteiger partial charge in [0.15, 0.2) is 0 Å². The number of hydrogen-bond donors (Lipinski definition) is 1. The monoisotopic (exact) mass is 267 g/mol. The van der Waals surface area contributed by atoms with Crippen molar-refractivity contribution in [2.75, 3.05) is 0 Å². The lowest BCUT2D eigenvalue weighted by atomic mass is 9.80. The molecule has 0 amide bonds. The van der Waals surface area contributed by atoms with Crippen LogP contribution in [0.3, 0.4) is 0 Å². The lowest BCUT2D eigenvalue weighted by Gasteiger charge is -2.26. The van der Waals surface area contributed by atoms with Crippen LogP contribution in [-0.4, -0.2) is 11.3 Å². The summed E-state index contributed by atoms with van der Waals surface area (Å²) in [5.41, 5.74) is 6.69. The summed E-state index contributed by atoms with van der Waals surface area (Å²) in [6.45, 7) is 7.75. The van der Waals surface area contributed by atoms with Crippen molar-refractivity contribution in [3.8, 4) is 0 Å². The summed E-state index contributed by atoms with van der Waals surface area (Å²) < 4.78 is 0. The predicted molar refractivity (Wildman–Crippen MR) is 76.9 cm³/mol. The van der Waals surface area contributed by atoms with Crippen molar-refractivity contribution in [1.29, 1.82) is 0 Å². The Bertz CT molecular complexity index is 403. The van der Waals surface area contributed by atoms with Crippen LogP contribution >= 0.6 is 11.6 Å². The molecule has 0 bridgehead atoms. The fraction of sp³-hybridized carbons (Fsp3) is 0.533. The Labute approximate surface area is 115 Å². The summed E-state index contributed by atoms with van der Waals surface area (Å²) in [7, 11) is 0. The van der Waals surface area contributed by atoms with E-state index in [0.717, 1.165) is 5.56 Å². The van der Waals surface area contributed by atoms with Crippen molar-refractivity contribution in [3.63, 3.8) is 0 Å². The Morgan fingerprint density at radius 2 is 1.78 bits per heavy atom. The molecule has 0 aliphatic heterocycles. The molecule has 1 aromatic carbocycles. The Hall–Kier alpha value is -0.860. The fourth-order valence-corrected chi connectivity index (χ4v) is 2.13. The molecule has 100 valence electrons. The van der Waals surface area contributed by atoms with E-state index < -0.39 is 0 Å². The number of halogens is 1. The summed E-state index contributed by atoms with van der Waals surface area (Å²) in [6.07, 6.45) is 0.644. The average molecular weight is 268 g/mol. The Kier molecular flexibility index (Phi) is 4.94. The van der Waals surface area contributed by atoms with Gasteiger partial charge in [-0.15, -0.1) is 0 Å². The van der Waals surface area contributed by atoms with E-state index in [2.05, 4.69) is 0 Å². The summed E-state index contributed by atoms with van der Waals surface area (Å²) in [6, 6.07) is 7.47. The normalized spacial score (nSPS) is 13.7. The highest BCUT2D eigenvalue weighted by molar-refractivity contribution is 6.30. The van der Waals surface area contributed by atoms with Crippen LogP contribution in [0.1, 0.15) is 45.6 Å². The van der Waals surface area contributed by atoms with Gasteiger partial charge in [-0.3, -0.25) is 4.79 Å². The molecule has 0 aromatic heterocycles. The third kappa shape index (κ3) is 4.43. The molecule has 1 rings (SSSR count). The Balaban J connectivity index is 3.04. The molecule has 3 heteroatoms. The Morgan fingerprint density at radius 3 is 2.17 bits per heavy atom. The van der Waals surface area contributed by atoms with E-state index in [1.165, 1.54) is 0 Å². The highest BCUT2D eigenvalue weighted by atomic mass is 35.5. The van der Waals surface area contributed by atoms with Crippen LogP contribution in [0.25, 0.3) is 0 Å². The SMILES string of the molecule is CC(C)C(=O)[C@@H](CC(C)(C)N)c1ccc(Cl)cc1. The maximum absolute atomic E-state index is 12.3. The molecule has 1 aromatic rings. The standard InChI is InChI=1S/C15H22ClNO/c1-10(2)14(18)13(9-15(3,4)17)11-5-7-12(16)8-6-11/h5-8,10,13H,9,17H2,1-4H3/t13-/m0/s1. The van der Waals surface area contributed by atoms with Crippen molar-refractivity contribution in [1.82, 2.24) is 0 Å². The van der Waals surface area contributed by atoms with Crippen LogP contribution in [-0.2, 0) is 4.79 Å². The van der Waals surface area contributed by atoms with Gasteiger partial charge in [0.1, 0.15) is 5.78 Å². The molecular formula is C15H22ClNO. The van der Waals surface area contributed by atoms with Gasteiger partial charge in [-0.2, -0.15) is 0 Å². The number of benzene rings is 1. The topological polar surface area (TPSA) is 43.1 Å². The average Bonchev–Trinajstić information content (AvgIpc) is 2.25. The van der Waals surface area contributed by atoms with Crippen LogP contribution in [0.5, 0.6) is 0 Å². The van der Waals surface area contributed by atoms with Gasteiger partial charge in [0.25, 0.3) is 0 Å². The molecular weight excluding hydrogens is 246 g/mol. The first-order chi connectivity index (χ1) is 8.20. The number of Topliss-reactive ketones (excluding diaryl/α,β-unsaturated/α-hetero) is 1. The van der Waals surface area contributed by atoms with Crippen molar-refractivity contribution in [3.05, 3.63) is 34.9 Å². The van der Waals surface area contributed by atoms with Gasteiger partial charge in [-0.05, 0) is 38.0 Å². The van der Waals surface area contributed by atoms with Gasteiger partial charge >= 0.3 is 0 Å². The third-order valence-corrected chi connectivity index (χ3v) is 3.17. The number of nitrogens with two attached hydrogens (primary N) is 1. The molecule has 0 spiro atoms. The zero-order valence-corrected chi connectivity index (χ0v) is 12.3. The quantitative estimate of drug-likeness (QED) is 0.882. The van der Waals surface area contributed by atoms with E-state index in [0.29, 0.717) is 11.4 Å². The maximum Gasteiger partial charge on any atom is 0.142 e. The highest BCUT2D eigenvalue weighted by Crippen LogP contribution is 2.29. The molecule has 0 unspecified atom stereocenters. The minimum atomic E-state index is -0.366. The number of hydrogen-bond acceptors (Lipinski definition) is 2. The summed E-state index contributed by atoms with van der Waals surface area (Å²) in [5, 5.41) is 0.682. The molecule has 0 heterocycles. The first-order valence-electron chi connectivity index (χ1n) is 6.29. The molecule has 1 atom stereocenters. The number of rotatable bonds is 5. The van der Waals surface area contributed by atoms with Crippen LogP contribution in [0, 0.1) is 5.92 Å². The lowest BCUT2D eigenvalue weighted by Crippen LogP contribution is -2.36. The van der Waals surface area contributed by atoms with E-state index in [1.54, 1.807) is 0 Å².